The molecule has 1 aromatic carbocycles. The molecule has 0 atom stereocenters. The summed E-state index contributed by atoms with van der Waals surface area (Å²) in [5.41, 5.74) is 2.10. The standard InChI is InChI=1S/C21H24FN3O2/c1-2-20(26)25-12-14(13-25)9-21(27)24-7-5-15(6-8-24)18-11-23-19-4-3-16(22)10-17(18)19/h2-4,10-11,14-15,23H,1,5-9,12-13H2. The summed E-state index contributed by atoms with van der Waals surface area (Å²) < 4.78 is 13.6. The number of aromatic nitrogens is 1. The number of benzene rings is 1. The molecule has 0 radical (unpaired) electrons. The number of carbonyl (C=O) groups excluding carboxylic acids is 2. The second-order valence-corrected chi connectivity index (χ2v) is 7.61. The van der Waals surface area contributed by atoms with Gasteiger partial charge in [-0.3, -0.25) is 9.59 Å². The monoisotopic (exact) mass is 369 g/mol. The number of fused-ring (bicyclic) bond motifs is 1. The normalized spacial score (nSPS) is 18.6. The second kappa shape index (κ2) is 7.18. The summed E-state index contributed by atoms with van der Waals surface area (Å²) in [5, 5.41) is 0.946. The van der Waals surface area contributed by atoms with Crippen molar-refractivity contribution in [2.75, 3.05) is 26.2 Å². The number of nitrogens with one attached hydrogen (secondary N) is 1. The van der Waals surface area contributed by atoms with Crippen molar-refractivity contribution in [3.63, 3.8) is 0 Å². The van der Waals surface area contributed by atoms with Gasteiger partial charge in [-0.1, -0.05) is 6.58 Å². The molecular formula is C21H24FN3O2. The molecule has 0 bridgehead atoms. The number of aromatic amines is 1. The van der Waals surface area contributed by atoms with Crippen LogP contribution in [-0.2, 0) is 9.59 Å². The summed E-state index contributed by atoms with van der Waals surface area (Å²) in [5.74, 6) is 0.494. The first-order chi connectivity index (χ1) is 13.0. The van der Waals surface area contributed by atoms with E-state index >= 15 is 0 Å². The number of hydrogen-bond acceptors (Lipinski definition) is 2. The number of halogens is 1. The van der Waals surface area contributed by atoms with Gasteiger partial charge in [-0.2, -0.15) is 0 Å². The minimum Gasteiger partial charge on any atom is -0.361 e. The summed E-state index contributed by atoms with van der Waals surface area (Å²) in [7, 11) is 0. The second-order valence-electron chi connectivity index (χ2n) is 7.61. The predicted octanol–water partition coefficient (Wildman–Crippen LogP) is 3.05. The molecule has 0 spiro atoms. The fourth-order valence-corrected chi connectivity index (χ4v) is 4.28. The van der Waals surface area contributed by atoms with Gasteiger partial charge in [-0.05, 0) is 48.6 Å². The topological polar surface area (TPSA) is 56.4 Å². The summed E-state index contributed by atoms with van der Waals surface area (Å²) in [6.07, 6.45) is 5.58. The Bertz CT molecular complexity index is 877. The number of hydrogen-bond donors (Lipinski definition) is 1. The molecule has 6 heteroatoms. The largest absolute Gasteiger partial charge is 0.361 e. The van der Waals surface area contributed by atoms with Crippen molar-refractivity contribution in [1.82, 2.24) is 14.8 Å². The van der Waals surface area contributed by atoms with Gasteiger partial charge in [-0.15, -0.1) is 0 Å². The third-order valence-corrected chi connectivity index (χ3v) is 5.87. The number of amides is 2. The van der Waals surface area contributed by atoms with Crippen molar-refractivity contribution in [3.05, 3.63) is 48.4 Å². The van der Waals surface area contributed by atoms with Crippen LogP contribution in [0.1, 0.15) is 30.7 Å². The number of carbonyl (C=O) groups is 2. The summed E-state index contributed by atoms with van der Waals surface area (Å²) in [6.45, 7) is 6.24. The van der Waals surface area contributed by atoms with E-state index in [-0.39, 0.29) is 23.5 Å². The molecule has 2 saturated heterocycles. The zero-order valence-electron chi connectivity index (χ0n) is 15.3. The lowest BCUT2D eigenvalue weighted by Crippen LogP contribution is -2.51. The van der Waals surface area contributed by atoms with Gasteiger partial charge in [-0.25, -0.2) is 4.39 Å². The van der Waals surface area contributed by atoms with Crippen LogP contribution in [0.4, 0.5) is 4.39 Å². The molecule has 0 aliphatic carbocycles. The SMILES string of the molecule is C=CC(=O)N1CC(CC(=O)N2CCC(c3c[nH]c4ccc(F)cc34)CC2)C1. The number of H-pyrrole nitrogens is 1. The Hall–Kier alpha value is -2.63. The minimum absolute atomic E-state index is 0.0605. The first-order valence-electron chi connectivity index (χ1n) is 9.51. The maximum atomic E-state index is 13.6. The van der Waals surface area contributed by atoms with Gasteiger partial charge < -0.3 is 14.8 Å². The number of nitrogens with zero attached hydrogens (tertiary/aromatic N) is 2. The van der Waals surface area contributed by atoms with Crippen molar-refractivity contribution in [3.8, 4) is 0 Å². The third kappa shape index (κ3) is 3.48. The molecule has 27 heavy (non-hydrogen) atoms. The maximum Gasteiger partial charge on any atom is 0.245 e. The Morgan fingerprint density at radius 2 is 1.96 bits per heavy atom. The first kappa shape index (κ1) is 17.8. The van der Waals surface area contributed by atoms with Crippen LogP contribution in [0.3, 0.4) is 0 Å². The van der Waals surface area contributed by atoms with Crippen LogP contribution in [-0.4, -0.2) is 52.8 Å². The summed E-state index contributed by atoms with van der Waals surface area (Å²) >= 11 is 0. The minimum atomic E-state index is -0.222. The van der Waals surface area contributed by atoms with Crippen molar-refractivity contribution in [2.45, 2.75) is 25.2 Å². The van der Waals surface area contributed by atoms with Crippen LogP contribution >= 0.6 is 0 Å². The van der Waals surface area contributed by atoms with Crippen LogP contribution in [0.15, 0.2) is 37.1 Å². The van der Waals surface area contributed by atoms with Crippen LogP contribution in [0.2, 0.25) is 0 Å². The van der Waals surface area contributed by atoms with Gasteiger partial charge in [0, 0.05) is 55.6 Å². The van der Waals surface area contributed by atoms with Gasteiger partial charge in [0.25, 0.3) is 0 Å². The van der Waals surface area contributed by atoms with E-state index in [4.69, 9.17) is 0 Å². The number of piperidine rings is 1. The third-order valence-electron chi connectivity index (χ3n) is 5.87. The lowest BCUT2D eigenvalue weighted by Gasteiger charge is -2.40. The molecule has 0 saturated carbocycles. The quantitative estimate of drug-likeness (QED) is 0.842. The fraction of sp³-hybridized carbons (Fsp3) is 0.429. The molecule has 2 aromatic rings. The highest BCUT2D eigenvalue weighted by Crippen LogP contribution is 2.34. The summed E-state index contributed by atoms with van der Waals surface area (Å²) in [4.78, 5) is 30.9. The molecule has 1 N–H and O–H groups in total. The van der Waals surface area contributed by atoms with E-state index in [0.717, 1.165) is 42.4 Å². The Labute approximate surface area is 157 Å². The van der Waals surface area contributed by atoms with Crippen molar-refractivity contribution < 1.29 is 14.0 Å². The molecule has 2 fully saturated rings. The Morgan fingerprint density at radius 1 is 1.22 bits per heavy atom. The van der Waals surface area contributed by atoms with Crippen molar-refractivity contribution >= 4 is 22.7 Å². The van der Waals surface area contributed by atoms with Crippen LogP contribution in [0, 0.1) is 11.7 Å². The summed E-state index contributed by atoms with van der Waals surface area (Å²) in [6, 6.07) is 4.82. The predicted molar refractivity (Wildman–Crippen MR) is 102 cm³/mol. The number of rotatable bonds is 4. The van der Waals surface area contributed by atoms with E-state index in [2.05, 4.69) is 11.6 Å². The molecule has 0 unspecified atom stereocenters. The van der Waals surface area contributed by atoms with E-state index in [1.54, 1.807) is 17.0 Å². The average molecular weight is 369 g/mol. The molecule has 142 valence electrons. The van der Waals surface area contributed by atoms with Gasteiger partial charge in [0.05, 0.1) is 0 Å². The number of likely N-dealkylation sites (tertiary alicyclic amines) is 2. The zero-order chi connectivity index (χ0) is 19.0. The molecule has 2 aliphatic heterocycles. The first-order valence-corrected chi connectivity index (χ1v) is 9.51. The maximum absolute atomic E-state index is 13.6. The lowest BCUT2D eigenvalue weighted by molar-refractivity contribution is -0.139. The van der Waals surface area contributed by atoms with Crippen LogP contribution in [0.25, 0.3) is 10.9 Å². The Balaban J connectivity index is 1.31. The molecule has 2 amide bonds. The molecule has 1 aromatic heterocycles. The molecular weight excluding hydrogens is 345 g/mol. The van der Waals surface area contributed by atoms with Crippen LogP contribution < -0.4 is 0 Å². The van der Waals surface area contributed by atoms with Crippen molar-refractivity contribution in [2.24, 2.45) is 5.92 Å². The van der Waals surface area contributed by atoms with Crippen molar-refractivity contribution in [1.29, 1.82) is 0 Å². The van der Waals surface area contributed by atoms with E-state index in [1.807, 2.05) is 11.1 Å². The highest BCUT2D eigenvalue weighted by Gasteiger charge is 2.33. The van der Waals surface area contributed by atoms with E-state index in [1.165, 1.54) is 12.1 Å². The smallest absolute Gasteiger partial charge is 0.245 e. The van der Waals surface area contributed by atoms with E-state index in [0.29, 0.717) is 25.4 Å². The Kier molecular flexibility index (Phi) is 4.72. The fourth-order valence-electron chi connectivity index (χ4n) is 4.28. The van der Waals surface area contributed by atoms with E-state index < -0.39 is 0 Å². The molecule has 3 heterocycles. The van der Waals surface area contributed by atoms with E-state index in [9.17, 15) is 14.0 Å². The van der Waals surface area contributed by atoms with Gasteiger partial charge in [0.2, 0.25) is 11.8 Å². The van der Waals surface area contributed by atoms with Gasteiger partial charge >= 0.3 is 0 Å². The molecule has 2 aliphatic rings. The van der Waals surface area contributed by atoms with Gasteiger partial charge in [0.15, 0.2) is 0 Å². The molecule has 5 nitrogen and oxygen atoms in total. The van der Waals surface area contributed by atoms with Gasteiger partial charge in [0.1, 0.15) is 5.82 Å². The van der Waals surface area contributed by atoms with Crippen LogP contribution in [0.5, 0.6) is 0 Å². The Morgan fingerprint density at radius 3 is 2.67 bits per heavy atom. The highest BCUT2D eigenvalue weighted by molar-refractivity contribution is 5.88. The molecule has 4 rings (SSSR count). The highest BCUT2D eigenvalue weighted by atomic mass is 19.1. The lowest BCUT2D eigenvalue weighted by atomic mass is 9.88. The average Bonchev–Trinajstić information content (AvgIpc) is 3.06. The zero-order valence-corrected chi connectivity index (χ0v) is 15.3.